The molecule has 0 saturated heterocycles. The van der Waals surface area contributed by atoms with E-state index in [9.17, 15) is 15.2 Å². The second-order valence-electron chi connectivity index (χ2n) is 5.32. The zero-order chi connectivity index (χ0) is 15.5. The number of rotatable bonds is 4. The smallest absolute Gasteiger partial charge is 0.314 e. The van der Waals surface area contributed by atoms with Crippen LogP contribution in [0.1, 0.15) is 43.2 Å². The number of hydrogen-bond acceptors (Lipinski definition) is 4. The Morgan fingerprint density at radius 3 is 2.38 bits per heavy atom. The van der Waals surface area contributed by atoms with Gasteiger partial charge in [0, 0.05) is 0 Å². The highest BCUT2D eigenvalue weighted by atomic mass is 16.5. The molecule has 1 aromatic carbocycles. The fourth-order valence-electron chi connectivity index (χ4n) is 3.11. The molecule has 0 unspecified atom stereocenters. The first-order valence-corrected chi connectivity index (χ1v) is 6.99. The predicted molar refractivity (Wildman–Crippen MR) is 76.7 cm³/mol. The van der Waals surface area contributed by atoms with Gasteiger partial charge in [0.15, 0.2) is 11.5 Å². The normalized spacial score (nSPS) is 16.8. The summed E-state index contributed by atoms with van der Waals surface area (Å²) in [7, 11) is 2.95. The Labute approximate surface area is 124 Å². The molecule has 0 aliphatic heterocycles. The Bertz CT molecular complexity index is 583. The van der Waals surface area contributed by atoms with Crippen LogP contribution >= 0.6 is 0 Å². The Morgan fingerprint density at radius 1 is 1.24 bits per heavy atom. The average Bonchev–Trinajstić information content (AvgIpc) is 2.53. The molecule has 0 spiro atoms. The molecule has 0 radical (unpaired) electrons. The Kier molecular flexibility index (Phi) is 4.37. The van der Waals surface area contributed by atoms with Crippen molar-refractivity contribution in [1.82, 2.24) is 0 Å². The number of nitrogens with zero attached hydrogens (tertiary/aromatic N) is 1. The van der Waals surface area contributed by atoms with Gasteiger partial charge < -0.3 is 14.6 Å². The van der Waals surface area contributed by atoms with Gasteiger partial charge in [-0.05, 0) is 30.5 Å². The lowest BCUT2D eigenvalue weighted by molar-refractivity contribution is -0.145. The number of methoxy groups -OCH3 is 2. The van der Waals surface area contributed by atoms with Gasteiger partial charge in [-0.1, -0.05) is 19.3 Å². The predicted octanol–water partition coefficient (Wildman–Crippen LogP) is 2.86. The number of carboxylic acid groups (broad SMARTS) is 1. The summed E-state index contributed by atoms with van der Waals surface area (Å²) in [6, 6.07) is 5.38. The van der Waals surface area contributed by atoms with Crippen LogP contribution in [0.3, 0.4) is 0 Å². The average molecular weight is 289 g/mol. The molecule has 5 nitrogen and oxygen atoms in total. The van der Waals surface area contributed by atoms with Crippen LogP contribution in [0.2, 0.25) is 0 Å². The van der Waals surface area contributed by atoms with Crippen LogP contribution in [-0.2, 0) is 10.2 Å². The van der Waals surface area contributed by atoms with Crippen molar-refractivity contribution in [3.8, 4) is 17.6 Å². The van der Waals surface area contributed by atoms with E-state index in [2.05, 4.69) is 6.07 Å². The van der Waals surface area contributed by atoms with Gasteiger partial charge in [0.05, 0.1) is 25.2 Å². The SMILES string of the molecule is COc1cc(C2(C(=O)O)CCCCC2)cc(C#N)c1OC. The Hall–Kier alpha value is -2.22. The molecule has 0 amide bonds. The Morgan fingerprint density at radius 2 is 1.90 bits per heavy atom. The lowest BCUT2D eigenvalue weighted by Gasteiger charge is -2.34. The van der Waals surface area contributed by atoms with Crippen LogP contribution in [0.5, 0.6) is 11.5 Å². The number of aliphatic carboxylic acids is 1. The fourth-order valence-corrected chi connectivity index (χ4v) is 3.11. The van der Waals surface area contributed by atoms with Crippen molar-refractivity contribution < 1.29 is 19.4 Å². The zero-order valence-corrected chi connectivity index (χ0v) is 12.3. The van der Waals surface area contributed by atoms with E-state index < -0.39 is 11.4 Å². The first kappa shape index (κ1) is 15.2. The lowest BCUT2D eigenvalue weighted by Crippen LogP contribution is -2.37. The fraction of sp³-hybridized carbons (Fsp3) is 0.500. The molecule has 0 atom stereocenters. The second-order valence-corrected chi connectivity index (χ2v) is 5.32. The molecule has 1 aliphatic carbocycles. The number of carbonyl (C=O) groups is 1. The minimum atomic E-state index is -0.927. The van der Waals surface area contributed by atoms with Crippen LogP contribution in [0.15, 0.2) is 12.1 Å². The van der Waals surface area contributed by atoms with Crippen LogP contribution in [-0.4, -0.2) is 25.3 Å². The van der Waals surface area contributed by atoms with Crippen molar-refractivity contribution in [3.63, 3.8) is 0 Å². The van der Waals surface area contributed by atoms with Gasteiger partial charge >= 0.3 is 5.97 Å². The molecule has 0 bridgehead atoms. The number of nitriles is 1. The van der Waals surface area contributed by atoms with Gasteiger partial charge in [0.25, 0.3) is 0 Å². The molecular weight excluding hydrogens is 270 g/mol. The van der Waals surface area contributed by atoms with Crippen molar-refractivity contribution >= 4 is 5.97 Å². The summed E-state index contributed by atoms with van der Waals surface area (Å²) >= 11 is 0. The van der Waals surface area contributed by atoms with E-state index in [-0.39, 0.29) is 0 Å². The molecule has 0 aromatic heterocycles. The summed E-state index contributed by atoms with van der Waals surface area (Å²) in [6.07, 6.45) is 3.98. The number of carboxylic acids is 1. The third-order valence-corrected chi connectivity index (χ3v) is 4.27. The van der Waals surface area contributed by atoms with E-state index >= 15 is 0 Å². The molecule has 112 valence electrons. The van der Waals surface area contributed by atoms with E-state index in [1.54, 1.807) is 12.1 Å². The number of ether oxygens (including phenoxy) is 2. The van der Waals surface area contributed by atoms with Gasteiger partial charge in [0.1, 0.15) is 6.07 Å². The highest BCUT2D eigenvalue weighted by molar-refractivity contribution is 5.82. The quantitative estimate of drug-likeness (QED) is 0.922. The summed E-state index contributed by atoms with van der Waals surface area (Å²) in [5.74, 6) is -0.0869. The molecule has 1 fully saturated rings. The van der Waals surface area contributed by atoms with Crippen molar-refractivity contribution in [2.75, 3.05) is 14.2 Å². The Balaban J connectivity index is 2.62. The van der Waals surface area contributed by atoms with E-state index in [0.717, 1.165) is 19.3 Å². The van der Waals surface area contributed by atoms with Gasteiger partial charge in [0.2, 0.25) is 0 Å². The van der Waals surface area contributed by atoms with Crippen LogP contribution in [0.25, 0.3) is 0 Å². The number of hydrogen-bond donors (Lipinski definition) is 1. The van der Waals surface area contributed by atoms with Crippen LogP contribution in [0.4, 0.5) is 0 Å². The molecule has 1 saturated carbocycles. The van der Waals surface area contributed by atoms with Crippen LogP contribution < -0.4 is 9.47 Å². The molecule has 2 rings (SSSR count). The molecular formula is C16H19NO4. The highest BCUT2D eigenvalue weighted by Gasteiger charge is 2.42. The van der Waals surface area contributed by atoms with E-state index in [0.29, 0.717) is 35.5 Å². The molecule has 1 aromatic rings. The summed E-state index contributed by atoms with van der Waals surface area (Å²) in [5, 5.41) is 19.0. The standard InChI is InChI=1S/C16H19NO4/c1-20-13-9-12(8-11(10-17)14(13)21-2)16(15(18)19)6-4-3-5-7-16/h8-9H,3-7H2,1-2H3,(H,18,19). The summed E-state index contributed by atoms with van der Waals surface area (Å²) in [4.78, 5) is 11.9. The van der Waals surface area contributed by atoms with Gasteiger partial charge in [-0.25, -0.2) is 0 Å². The maximum Gasteiger partial charge on any atom is 0.314 e. The van der Waals surface area contributed by atoms with Crippen molar-refractivity contribution in [3.05, 3.63) is 23.3 Å². The van der Waals surface area contributed by atoms with Crippen LogP contribution in [0, 0.1) is 11.3 Å². The molecule has 1 aliphatic rings. The number of benzene rings is 1. The monoisotopic (exact) mass is 289 g/mol. The molecule has 5 heteroatoms. The summed E-state index contributed by atoms with van der Waals surface area (Å²) in [5.41, 5.74) is 0.00518. The van der Waals surface area contributed by atoms with E-state index in [1.807, 2.05) is 0 Å². The molecule has 21 heavy (non-hydrogen) atoms. The largest absolute Gasteiger partial charge is 0.493 e. The maximum absolute atomic E-state index is 11.9. The highest BCUT2D eigenvalue weighted by Crippen LogP contribution is 2.43. The lowest BCUT2D eigenvalue weighted by atomic mass is 9.69. The minimum absolute atomic E-state index is 0.304. The van der Waals surface area contributed by atoms with Crippen molar-refractivity contribution in [1.29, 1.82) is 5.26 Å². The first-order chi connectivity index (χ1) is 10.1. The molecule has 0 heterocycles. The zero-order valence-electron chi connectivity index (χ0n) is 12.3. The summed E-state index contributed by atoms with van der Waals surface area (Å²) in [6.45, 7) is 0. The van der Waals surface area contributed by atoms with Gasteiger partial charge in [-0.15, -0.1) is 0 Å². The van der Waals surface area contributed by atoms with Crippen molar-refractivity contribution in [2.24, 2.45) is 0 Å². The van der Waals surface area contributed by atoms with Gasteiger partial charge in [-0.3, -0.25) is 4.79 Å². The third kappa shape index (κ3) is 2.54. The minimum Gasteiger partial charge on any atom is -0.493 e. The second kappa shape index (κ2) is 6.04. The van der Waals surface area contributed by atoms with Gasteiger partial charge in [-0.2, -0.15) is 5.26 Å². The van der Waals surface area contributed by atoms with E-state index in [1.165, 1.54) is 14.2 Å². The maximum atomic E-state index is 11.9. The topological polar surface area (TPSA) is 79.5 Å². The third-order valence-electron chi connectivity index (χ3n) is 4.27. The first-order valence-electron chi connectivity index (χ1n) is 6.99. The van der Waals surface area contributed by atoms with Crippen molar-refractivity contribution in [2.45, 2.75) is 37.5 Å². The summed E-state index contributed by atoms with van der Waals surface area (Å²) < 4.78 is 10.5. The molecule has 1 N–H and O–H groups in total. The van der Waals surface area contributed by atoms with E-state index in [4.69, 9.17) is 9.47 Å².